The molecule has 0 aliphatic carbocycles. The molecule has 1 aromatic heterocycles. The van der Waals surface area contributed by atoms with Crippen molar-refractivity contribution in [1.82, 2.24) is 10.3 Å². The van der Waals surface area contributed by atoms with Crippen molar-refractivity contribution in [3.05, 3.63) is 35.9 Å². The maximum Gasteiger partial charge on any atom is 0.133 e. The SMILES string of the molecule is CNCc1cc2ccccc2nc1N(C)CCOC(C)C. The van der Waals surface area contributed by atoms with E-state index in [4.69, 9.17) is 9.72 Å². The van der Waals surface area contributed by atoms with Gasteiger partial charge in [-0.25, -0.2) is 4.98 Å². The number of hydrogen-bond donors (Lipinski definition) is 1. The predicted molar refractivity (Wildman–Crippen MR) is 88.9 cm³/mol. The van der Waals surface area contributed by atoms with E-state index < -0.39 is 0 Å². The van der Waals surface area contributed by atoms with E-state index in [2.05, 4.69) is 49.3 Å². The van der Waals surface area contributed by atoms with Gasteiger partial charge in [0.2, 0.25) is 0 Å². The standard InChI is InChI=1S/C17H25N3O/c1-13(2)21-10-9-20(4)17-15(12-18-3)11-14-7-5-6-8-16(14)19-17/h5-8,11,13,18H,9-10,12H2,1-4H3. The van der Waals surface area contributed by atoms with Gasteiger partial charge in [-0.15, -0.1) is 0 Å². The monoisotopic (exact) mass is 287 g/mol. The van der Waals surface area contributed by atoms with Crippen LogP contribution in [0, 0.1) is 0 Å². The molecule has 0 radical (unpaired) electrons. The fourth-order valence-electron chi connectivity index (χ4n) is 2.33. The molecule has 0 saturated heterocycles. The van der Waals surface area contributed by atoms with Crippen LogP contribution in [0.3, 0.4) is 0 Å². The van der Waals surface area contributed by atoms with Gasteiger partial charge in [-0.05, 0) is 33.0 Å². The molecule has 0 unspecified atom stereocenters. The minimum absolute atomic E-state index is 0.264. The van der Waals surface area contributed by atoms with Gasteiger partial charge in [0.1, 0.15) is 5.82 Å². The van der Waals surface area contributed by atoms with Crippen LogP contribution in [0.2, 0.25) is 0 Å². The number of nitrogens with zero attached hydrogens (tertiary/aromatic N) is 2. The highest BCUT2D eigenvalue weighted by atomic mass is 16.5. The van der Waals surface area contributed by atoms with E-state index in [-0.39, 0.29) is 6.10 Å². The van der Waals surface area contributed by atoms with Gasteiger partial charge in [0.05, 0.1) is 18.2 Å². The highest BCUT2D eigenvalue weighted by Crippen LogP contribution is 2.22. The second-order valence-electron chi connectivity index (χ2n) is 5.54. The Morgan fingerprint density at radius 1 is 1.29 bits per heavy atom. The smallest absolute Gasteiger partial charge is 0.133 e. The summed E-state index contributed by atoms with van der Waals surface area (Å²) in [5.41, 5.74) is 2.24. The first-order chi connectivity index (χ1) is 10.1. The Hall–Kier alpha value is -1.65. The number of para-hydroxylation sites is 1. The van der Waals surface area contributed by atoms with E-state index in [1.807, 2.05) is 19.2 Å². The molecule has 0 amide bonds. The van der Waals surface area contributed by atoms with Crippen LogP contribution in [0.25, 0.3) is 10.9 Å². The molecule has 0 fully saturated rings. The summed E-state index contributed by atoms with van der Waals surface area (Å²) in [6.45, 7) is 6.46. The second-order valence-corrected chi connectivity index (χ2v) is 5.54. The third-order valence-electron chi connectivity index (χ3n) is 3.39. The van der Waals surface area contributed by atoms with Crippen LogP contribution < -0.4 is 10.2 Å². The van der Waals surface area contributed by atoms with E-state index >= 15 is 0 Å². The molecule has 4 nitrogen and oxygen atoms in total. The zero-order chi connectivity index (χ0) is 15.2. The summed E-state index contributed by atoms with van der Waals surface area (Å²) in [5.74, 6) is 1.02. The van der Waals surface area contributed by atoms with E-state index in [0.717, 1.165) is 24.4 Å². The number of benzene rings is 1. The van der Waals surface area contributed by atoms with Crippen LogP contribution >= 0.6 is 0 Å². The third-order valence-corrected chi connectivity index (χ3v) is 3.39. The Labute approximate surface area is 127 Å². The summed E-state index contributed by atoms with van der Waals surface area (Å²) in [7, 11) is 4.03. The molecule has 114 valence electrons. The maximum absolute atomic E-state index is 5.64. The van der Waals surface area contributed by atoms with Crippen molar-refractivity contribution >= 4 is 16.7 Å². The molecule has 0 spiro atoms. The van der Waals surface area contributed by atoms with Crippen molar-refractivity contribution in [2.24, 2.45) is 0 Å². The molecule has 0 aliphatic heterocycles. The summed E-state index contributed by atoms with van der Waals surface area (Å²) >= 11 is 0. The van der Waals surface area contributed by atoms with E-state index in [1.165, 1.54) is 10.9 Å². The predicted octanol–water partition coefficient (Wildman–Crippen LogP) is 2.82. The average Bonchev–Trinajstić information content (AvgIpc) is 2.46. The van der Waals surface area contributed by atoms with Gasteiger partial charge in [0.15, 0.2) is 0 Å². The largest absolute Gasteiger partial charge is 0.377 e. The van der Waals surface area contributed by atoms with Crippen LogP contribution in [0.5, 0.6) is 0 Å². The highest BCUT2D eigenvalue weighted by Gasteiger charge is 2.11. The van der Waals surface area contributed by atoms with Crippen LogP contribution in [0.15, 0.2) is 30.3 Å². The maximum atomic E-state index is 5.64. The molecule has 0 saturated carbocycles. The number of nitrogens with one attached hydrogen (secondary N) is 1. The molecule has 1 heterocycles. The van der Waals surface area contributed by atoms with Gasteiger partial charge in [0, 0.05) is 31.1 Å². The van der Waals surface area contributed by atoms with Crippen LogP contribution in [0.1, 0.15) is 19.4 Å². The third kappa shape index (κ3) is 4.16. The van der Waals surface area contributed by atoms with Gasteiger partial charge in [-0.1, -0.05) is 18.2 Å². The highest BCUT2D eigenvalue weighted by molar-refractivity contribution is 5.81. The first kappa shape index (κ1) is 15.7. The molecular weight excluding hydrogens is 262 g/mol. The first-order valence-electron chi connectivity index (χ1n) is 7.48. The second kappa shape index (κ2) is 7.38. The molecule has 4 heteroatoms. The zero-order valence-electron chi connectivity index (χ0n) is 13.4. The minimum atomic E-state index is 0.264. The van der Waals surface area contributed by atoms with Gasteiger partial charge in [-0.3, -0.25) is 0 Å². The number of ether oxygens (including phenoxy) is 1. The minimum Gasteiger partial charge on any atom is -0.377 e. The summed E-state index contributed by atoms with van der Waals surface area (Å²) < 4.78 is 5.64. The van der Waals surface area contributed by atoms with Crippen molar-refractivity contribution in [2.45, 2.75) is 26.5 Å². The number of hydrogen-bond acceptors (Lipinski definition) is 4. The number of pyridine rings is 1. The van der Waals surface area contributed by atoms with Crippen molar-refractivity contribution in [3.63, 3.8) is 0 Å². The Kier molecular flexibility index (Phi) is 5.53. The van der Waals surface area contributed by atoms with Crippen LogP contribution in [-0.4, -0.2) is 38.3 Å². The number of rotatable bonds is 7. The van der Waals surface area contributed by atoms with Crippen molar-refractivity contribution < 1.29 is 4.74 Å². The van der Waals surface area contributed by atoms with Gasteiger partial charge in [0.25, 0.3) is 0 Å². The Morgan fingerprint density at radius 3 is 2.76 bits per heavy atom. The Bertz CT molecular complexity index is 583. The lowest BCUT2D eigenvalue weighted by molar-refractivity contribution is 0.0845. The van der Waals surface area contributed by atoms with Crippen LogP contribution in [0.4, 0.5) is 5.82 Å². The molecule has 0 aliphatic rings. The zero-order valence-corrected chi connectivity index (χ0v) is 13.4. The lowest BCUT2D eigenvalue weighted by Crippen LogP contribution is -2.26. The molecule has 1 N–H and O–H groups in total. The topological polar surface area (TPSA) is 37.4 Å². The summed E-state index contributed by atoms with van der Waals surface area (Å²) in [6, 6.07) is 10.5. The number of anilines is 1. The molecule has 2 aromatic rings. The fourth-order valence-corrected chi connectivity index (χ4v) is 2.33. The number of fused-ring (bicyclic) bond motifs is 1. The molecule has 21 heavy (non-hydrogen) atoms. The van der Waals surface area contributed by atoms with Gasteiger partial charge < -0.3 is 15.0 Å². The van der Waals surface area contributed by atoms with Crippen molar-refractivity contribution in [2.75, 3.05) is 32.1 Å². The number of aromatic nitrogens is 1. The molecule has 2 rings (SSSR count). The lowest BCUT2D eigenvalue weighted by atomic mass is 10.1. The Morgan fingerprint density at radius 2 is 2.05 bits per heavy atom. The molecule has 0 atom stereocenters. The first-order valence-corrected chi connectivity index (χ1v) is 7.48. The van der Waals surface area contributed by atoms with Gasteiger partial charge >= 0.3 is 0 Å². The lowest BCUT2D eigenvalue weighted by Gasteiger charge is -2.22. The van der Waals surface area contributed by atoms with E-state index in [1.54, 1.807) is 0 Å². The summed E-state index contributed by atoms with van der Waals surface area (Å²) in [4.78, 5) is 6.99. The fraction of sp³-hybridized carbons (Fsp3) is 0.471. The van der Waals surface area contributed by atoms with Crippen LogP contribution in [-0.2, 0) is 11.3 Å². The molecule has 0 bridgehead atoms. The van der Waals surface area contributed by atoms with E-state index in [9.17, 15) is 0 Å². The summed E-state index contributed by atoms with van der Waals surface area (Å²) in [6.07, 6.45) is 0.264. The van der Waals surface area contributed by atoms with E-state index in [0.29, 0.717) is 6.61 Å². The van der Waals surface area contributed by atoms with Crippen molar-refractivity contribution in [3.8, 4) is 0 Å². The molecular formula is C17H25N3O. The quantitative estimate of drug-likeness (QED) is 0.849. The van der Waals surface area contributed by atoms with Crippen molar-refractivity contribution in [1.29, 1.82) is 0 Å². The number of likely N-dealkylation sites (N-methyl/N-ethyl adjacent to an activating group) is 1. The summed E-state index contributed by atoms with van der Waals surface area (Å²) in [5, 5.41) is 4.40. The Balaban J connectivity index is 2.24. The normalized spacial score (nSPS) is 11.3. The van der Waals surface area contributed by atoms with Gasteiger partial charge in [-0.2, -0.15) is 0 Å². The molecule has 1 aromatic carbocycles. The average molecular weight is 287 g/mol.